The Hall–Kier alpha value is -2.44. The summed E-state index contributed by atoms with van der Waals surface area (Å²) >= 11 is 0. The Morgan fingerprint density at radius 2 is 2.05 bits per heavy atom. The fourth-order valence-electron chi connectivity index (χ4n) is 2.22. The number of benzene rings is 1. The van der Waals surface area contributed by atoms with Crippen molar-refractivity contribution in [1.82, 2.24) is 4.90 Å². The van der Waals surface area contributed by atoms with Gasteiger partial charge in [-0.25, -0.2) is 0 Å². The monoisotopic (exact) mass is 277 g/mol. The zero-order valence-corrected chi connectivity index (χ0v) is 11.3. The van der Waals surface area contributed by atoms with Crippen LogP contribution in [0.25, 0.3) is 0 Å². The molecule has 0 saturated carbocycles. The summed E-state index contributed by atoms with van der Waals surface area (Å²) in [6.45, 7) is 3.44. The molecule has 1 aromatic carbocycles. The summed E-state index contributed by atoms with van der Waals surface area (Å²) < 4.78 is 0. The van der Waals surface area contributed by atoms with Crippen LogP contribution in [0.2, 0.25) is 0 Å². The number of carbonyl (C=O) groups is 2. The van der Waals surface area contributed by atoms with Crippen molar-refractivity contribution in [2.24, 2.45) is 5.41 Å². The van der Waals surface area contributed by atoms with Crippen LogP contribution in [0.4, 0.5) is 11.4 Å². The van der Waals surface area contributed by atoms with Crippen molar-refractivity contribution in [2.75, 3.05) is 5.73 Å². The summed E-state index contributed by atoms with van der Waals surface area (Å²) in [6.07, 6.45) is 0.156. The number of nitro benzene ring substituents is 1. The Morgan fingerprint density at radius 1 is 1.40 bits per heavy atom. The second-order valence-electron chi connectivity index (χ2n) is 5.50. The van der Waals surface area contributed by atoms with E-state index < -0.39 is 10.3 Å². The Balaban J connectivity index is 2.27. The number of carbonyl (C=O) groups excluding carboxylic acids is 2. The molecular formula is C13H15N3O4. The largest absolute Gasteiger partial charge is 0.393 e. The van der Waals surface area contributed by atoms with Crippen LogP contribution in [0.1, 0.15) is 25.8 Å². The minimum absolute atomic E-state index is 0.0300. The lowest BCUT2D eigenvalue weighted by Crippen LogP contribution is -2.32. The second-order valence-corrected chi connectivity index (χ2v) is 5.50. The molecule has 20 heavy (non-hydrogen) atoms. The van der Waals surface area contributed by atoms with Crippen LogP contribution in [0.15, 0.2) is 18.2 Å². The highest BCUT2D eigenvalue weighted by Crippen LogP contribution is 2.33. The zero-order valence-electron chi connectivity index (χ0n) is 11.3. The number of amides is 2. The van der Waals surface area contributed by atoms with Crippen molar-refractivity contribution in [3.63, 3.8) is 0 Å². The zero-order chi connectivity index (χ0) is 15.1. The Kier molecular flexibility index (Phi) is 3.21. The van der Waals surface area contributed by atoms with Crippen LogP contribution in [0.3, 0.4) is 0 Å². The highest BCUT2D eigenvalue weighted by Gasteiger charge is 2.44. The van der Waals surface area contributed by atoms with E-state index >= 15 is 0 Å². The molecule has 1 fully saturated rings. The number of nitrogens with zero attached hydrogens (tertiary/aromatic N) is 2. The molecule has 1 aliphatic rings. The number of nitro groups is 1. The highest BCUT2D eigenvalue weighted by atomic mass is 16.6. The lowest BCUT2D eigenvalue weighted by atomic mass is 9.92. The maximum Gasteiger partial charge on any atom is 0.292 e. The molecule has 7 nitrogen and oxygen atoms in total. The third-order valence-corrected chi connectivity index (χ3v) is 3.35. The van der Waals surface area contributed by atoms with E-state index in [0.717, 1.165) is 4.90 Å². The van der Waals surface area contributed by atoms with Crippen molar-refractivity contribution < 1.29 is 14.5 Å². The van der Waals surface area contributed by atoms with Gasteiger partial charge < -0.3 is 5.73 Å². The first kappa shape index (κ1) is 14.0. The fourth-order valence-corrected chi connectivity index (χ4v) is 2.22. The molecular weight excluding hydrogens is 262 g/mol. The van der Waals surface area contributed by atoms with Gasteiger partial charge in [0.15, 0.2) is 0 Å². The van der Waals surface area contributed by atoms with E-state index in [9.17, 15) is 19.7 Å². The first-order valence-electron chi connectivity index (χ1n) is 6.10. The van der Waals surface area contributed by atoms with Gasteiger partial charge in [0.25, 0.3) is 5.69 Å². The van der Waals surface area contributed by atoms with Gasteiger partial charge in [-0.3, -0.25) is 24.6 Å². The van der Waals surface area contributed by atoms with Crippen LogP contribution in [0.5, 0.6) is 0 Å². The van der Waals surface area contributed by atoms with Crippen LogP contribution in [0, 0.1) is 15.5 Å². The van der Waals surface area contributed by atoms with E-state index in [2.05, 4.69) is 0 Å². The van der Waals surface area contributed by atoms with E-state index in [-0.39, 0.29) is 36.2 Å². The number of anilines is 1. The van der Waals surface area contributed by atoms with E-state index in [1.54, 1.807) is 19.9 Å². The van der Waals surface area contributed by atoms with Gasteiger partial charge in [0, 0.05) is 12.5 Å². The first-order valence-corrected chi connectivity index (χ1v) is 6.10. The predicted molar refractivity (Wildman–Crippen MR) is 71.5 cm³/mol. The second kappa shape index (κ2) is 4.59. The number of nitrogens with two attached hydrogens (primary N) is 1. The van der Waals surface area contributed by atoms with Crippen molar-refractivity contribution in [2.45, 2.75) is 26.8 Å². The van der Waals surface area contributed by atoms with Crippen LogP contribution in [-0.4, -0.2) is 21.6 Å². The smallest absolute Gasteiger partial charge is 0.292 e. The molecule has 2 amide bonds. The molecule has 0 bridgehead atoms. The van der Waals surface area contributed by atoms with Crippen LogP contribution >= 0.6 is 0 Å². The van der Waals surface area contributed by atoms with Gasteiger partial charge in [-0.05, 0) is 11.6 Å². The van der Waals surface area contributed by atoms with Crippen molar-refractivity contribution >= 4 is 23.2 Å². The summed E-state index contributed by atoms with van der Waals surface area (Å²) in [6, 6.07) is 4.28. The molecule has 0 atom stereocenters. The van der Waals surface area contributed by atoms with Gasteiger partial charge in [0.2, 0.25) is 11.8 Å². The number of likely N-dealkylation sites (tertiary alicyclic amines) is 1. The molecule has 1 saturated heterocycles. The molecule has 106 valence electrons. The summed E-state index contributed by atoms with van der Waals surface area (Å²) in [7, 11) is 0. The number of hydrogen-bond acceptors (Lipinski definition) is 5. The van der Waals surface area contributed by atoms with Gasteiger partial charge in [0.1, 0.15) is 5.69 Å². The lowest BCUT2D eigenvalue weighted by molar-refractivity contribution is -0.384. The SMILES string of the molecule is CC1(C)CC(=O)N(Cc2ccc(N)c([N+](=O)[O-])c2)C1=O. The minimum atomic E-state index is -0.711. The van der Waals surface area contributed by atoms with E-state index in [1.165, 1.54) is 12.1 Å². The third kappa shape index (κ3) is 2.34. The number of imide groups is 1. The average molecular weight is 277 g/mol. The molecule has 1 aromatic rings. The highest BCUT2D eigenvalue weighted by molar-refractivity contribution is 6.05. The standard InChI is InChI=1S/C13H15N3O4/c1-13(2)6-11(17)15(12(13)18)7-8-3-4-9(14)10(5-8)16(19)20/h3-5H,6-7,14H2,1-2H3. The van der Waals surface area contributed by atoms with Gasteiger partial charge >= 0.3 is 0 Å². The summed E-state index contributed by atoms with van der Waals surface area (Å²) in [5.41, 5.74) is 5.13. The molecule has 0 spiro atoms. The Morgan fingerprint density at radius 3 is 2.55 bits per heavy atom. The minimum Gasteiger partial charge on any atom is -0.393 e. The fraction of sp³-hybridized carbons (Fsp3) is 0.385. The number of rotatable bonds is 3. The quantitative estimate of drug-likeness (QED) is 0.389. The van der Waals surface area contributed by atoms with Gasteiger partial charge in [0.05, 0.1) is 16.9 Å². The molecule has 1 heterocycles. The van der Waals surface area contributed by atoms with E-state index in [4.69, 9.17) is 5.73 Å². The van der Waals surface area contributed by atoms with E-state index in [0.29, 0.717) is 5.56 Å². The lowest BCUT2D eigenvalue weighted by Gasteiger charge is -2.17. The molecule has 2 rings (SSSR count). The maximum atomic E-state index is 12.1. The van der Waals surface area contributed by atoms with E-state index in [1.807, 2.05) is 0 Å². The summed E-state index contributed by atoms with van der Waals surface area (Å²) in [5, 5.41) is 10.8. The molecule has 2 N–H and O–H groups in total. The summed E-state index contributed by atoms with van der Waals surface area (Å²) in [5.74, 6) is -0.526. The van der Waals surface area contributed by atoms with Crippen molar-refractivity contribution in [3.8, 4) is 0 Å². The van der Waals surface area contributed by atoms with Crippen LogP contribution in [-0.2, 0) is 16.1 Å². The third-order valence-electron chi connectivity index (χ3n) is 3.35. The van der Waals surface area contributed by atoms with Crippen molar-refractivity contribution in [1.29, 1.82) is 0 Å². The van der Waals surface area contributed by atoms with Gasteiger partial charge in [-0.15, -0.1) is 0 Å². The summed E-state index contributed by atoms with van der Waals surface area (Å²) in [4.78, 5) is 35.3. The molecule has 7 heteroatoms. The van der Waals surface area contributed by atoms with Crippen LogP contribution < -0.4 is 5.73 Å². The first-order chi connectivity index (χ1) is 9.22. The molecule has 1 aliphatic heterocycles. The topological polar surface area (TPSA) is 107 Å². The average Bonchev–Trinajstić information content (AvgIpc) is 2.53. The normalized spacial score (nSPS) is 17.6. The van der Waals surface area contributed by atoms with Crippen molar-refractivity contribution in [3.05, 3.63) is 33.9 Å². The molecule has 0 aliphatic carbocycles. The van der Waals surface area contributed by atoms with Gasteiger partial charge in [-0.1, -0.05) is 19.9 Å². The van der Waals surface area contributed by atoms with Gasteiger partial charge in [-0.2, -0.15) is 0 Å². The number of hydrogen-bond donors (Lipinski definition) is 1. The predicted octanol–water partition coefficient (Wildman–Crippen LogP) is 1.46. The molecule has 0 aromatic heterocycles. The number of nitrogen functional groups attached to an aromatic ring is 1. The Labute approximate surface area is 115 Å². The Bertz CT molecular complexity index is 610. The maximum absolute atomic E-state index is 12.1. The molecule has 0 radical (unpaired) electrons. The molecule has 0 unspecified atom stereocenters.